The van der Waals surface area contributed by atoms with E-state index >= 15 is 0 Å². The summed E-state index contributed by atoms with van der Waals surface area (Å²) in [6, 6.07) is 9.43. The first kappa shape index (κ1) is 11.7. The van der Waals surface area contributed by atoms with Gasteiger partial charge in [-0.3, -0.25) is 4.98 Å². The molecule has 2 aromatic heterocycles. The maximum atomic E-state index is 10.5. The van der Waals surface area contributed by atoms with Crippen molar-refractivity contribution in [3.63, 3.8) is 0 Å². The summed E-state index contributed by atoms with van der Waals surface area (Å²) in [6.45, 7) is 1.81. The van der Waals surface area contributed by atoms with Gasteiger partial charge in [0.15, 0.2) is 0 Å². The first-order valence-electron chi connectivity index (χ1n) is 6.06. The Morgan fingerprint density at radius 2 is 2.00 bits per heavy atom. The van der Waals surface area contributed by atoms with Crippen LogP contribution in [0.25, 0.3) is 10.8 Å². The Morgan fingerprint density at radius 1 is 1.11 bits per heavy atom. The Balaban J connectivity index is 2.14. The van der Waals surface area contributed by atoms with Gasteiger partial charge in [0.25, 0.3) is 0 Å². The highest BCUT2D eigenvalue weighted by molar-refractivity contribution is 5.85. The van der Waals surface area contributed by atoms with Gasteiger partial charge < -0.3 is 5.11 Å². The van der Waals surface area contributed by atoms with Crippen molar-refractivity contribution in [3.05, 3.63) is 66.0 Å². The molecule has 3 rings (SSSR count). The van der Waals surface area contributed by atoms with Crippen LogP contribution in [0.4, 0.5) is 0 Å². The smallest absolute Gasteiger partial charge is 0.125 e. The number of fused-ring (bicyclic) bond motifs is 1. The van der Waals surface area contributed by atoms with Gasteiger partial charge >= 0.3 is 0 Å². The molecule has 0 radical (unpaired) electrons. The topological polar surface area (TPSA) is 58.9 Å². The molecule has 0 spiro atoms. The van der Waals surface area contributed by atoms with E-state index in [0.29, 0.717) is 11.5 Å². The Kier molecular flexibility index (Phi) is 2.93. The fraction of sp³-hybridized carbons (Fsp3) is 0.133. The van der Waals surface area contributed by atoms with E-state index in [1.165, 1.54) is 0 Å². The van der Waals surface area contributed by atoms with E-state index in [2.05, 4.69) is 15.0 Å². The van der Waals surface area contributed by atoms with Gasteiger partial charge in [-0.2, -0.15) is 0 Å². The van der Waals surface area contributed by atoms with E-state index in [-0.39, 0.29) is 0 Å². The largest absolute Gasteiger partial charge is 0.382 e. The van der Waals surface area contributed by atoms with Crippen LogP contribution in [0.3, 0.4) is 0 Å². The van der Waals surface area contributed by atoms with Crippen molar-refractivity contribution in [1.29, 1.82) is 0 Å². The summed E-state index contributed by atoms with van der Waals surface area (Å²) >= 11 is 0. The third-order valence-corrected chi connectivity index (χ3v) is 3.09. The minimum absolute atomic E-state index is 0.608. The van der Waals surface area contributed by atoms with Crippen molar-refractivity contribution < 1.29 is 5.11 Å². The van der Waals surface area contributed by atoms with Gasteiger partial charge in [-0.05, 0) is 30.0 Å². The van der Waals surface area contributed by atoms with Crippen LogP contribution >= 0.6 is 0 Å². The van der Waals surface area contributed by atoms with Crippen molar-refractivity contribution in [1.82, 2.24) is 15.0 Å². The Bertz CT molecular complexity index is 722. The molecule has 0 saturated carbocycles. The van der Waals surface area contributed by atoms with Gasteiger partial charge in [0.05, 0.1) is 5.69 Å². The first-order chi connectivity index (χ1) is 9.25. The molecule has 94 valence electrons. The van der Waals surface area contributed by atoms with Crippen molar-refractivity contribution in [3.8, 4) is 0 Å². The molecule has 0 saturated heterocycles. The lowest BCUT2D eigenvalue weighted by molar-refractivity contribution is 0.216. The molecule has 0 aliphatic rings. The van der Waals surface area contributed by atoms with E-state index in [1.807, 2.05) is 31.2 Å². The van der Waals surface area contributed by atoms with Crippen molar-refractivity contribution in [2.24, 2.45) is 0 Å². The molecule has 0 aliphatic carbocycles. The number of aryl methyl sites for hydroxylation is 1. The third kappa shape index (κ3) is 2.18. The zero-order valence-electron chi connectivity index (χ0n) is 10.5. The highest BCUT2D eigenvalue weighted by atomic mass is 16.3. The number of hydrogen-bond acceptors (Lipinski definition) is 4. The molecular weight excluding hydrogens is 238 g/mol. The minimum Gasteiger partial charge on any atom is -0.382 e. The van der Waals surface area contributed by atoms with Crippen LogP contribution in [0, 0.1) is 6.92 Å². The van der Waals surface area contributed by atoms with Crippen molar-refractivity contribution >= 4 is 10.8 Å². The number of nitrogens with zero attached hydrogens (tertiary/aromatic N) is 3. The molecule has 0 bridgehead atoms. The van der Waals surface area contributed by atoms with Gasteiger partial charge in [-0.25, -0.2) is 9.97 Å². The second-order valence-corrected chi connectivity index (χ2v) is 4.38. The zero-order valence-corrected chi connectivity index (χ0v) is 10.5. The van der Waals surface area contributed by atoms with E-state index < -0.39 is 6.10 Å². The van der Waals surface area contributed by atoms with E-state index in [1.54, 1.807) is 24.7 Å². The SMILES string of the molecule is Cc1nccc(C(O)c2cccc3cnccc23)n1. The molecule has 1 aromatic carbocycles. The number of benzene rings is 1. The van der Waals surface area contributed by atoms with Gasteiger partial charge in [0, 0.05) is 24.0 Å². The molecule has 4 nitrogen and oxygen atoms in total. The number of aromatic nitrogens is 3. The predicted molar refractivity (Wildman–Crippen MR) is 72.6 cm³/mol. The fourth-order valence-corrected chi connectivity index (χ4v) is 2.17. The summed E-state index contributed by atoms with van der Waals surface area (Å²) in [6.07, 6.45) is 4.42. The molecule has 3 aromatic rings. The molecule has 4 heteroatoms. The van der Waals surface area contributed by atoms with Gasteiger partial charge in [-0.1, -0.05) is 18.2 Å². The third-order valence-electron chi connectivity index (χ3n) is 3.09. The zero-order chi connectivity index (χ0) is 13.2. The molecule has 1 unspecified atom stereocenters. The van der Waals surface area contributed by atoms with Gasteiger partial charge in [-0.15, -0.1) is 0 Å². The van der Waals surface area contributed by atoms with Gasteiger partial charge in [0.2, 0.25) is 0 Å². The lowest BCUT2D eigenvalue weighted by Crippen LogP contribution is -2.04. The fourth-order valence-electron chi connectivity index (χ4n) is 2.17. The van der Waals surface area contributed by atoms with Crippen LogP contribution in [0.15, 0.2) is 48.9 Å². The Hall–Kier alpha value is -2.33. The first-order valence-corrected chi connectivity index (χ1v) is 6.06. The van der Waals surface area contributed by atoms with Crippen LogP contribution < -0.4 is 0 Å². The molecule has 19 heavy (non-hydrogen) atoms. The number of pyridine rings is 1. The summed E-state index contributed by atoms with van der Waals surface area (Å²) < 4.78 is 0. The molecular formula is C15H13N3O. The lowest BCUT2D eigenvalue weighted by Gasteiger charge is -2.13. The van der Waals surface area contributed by atoms with Crippen LogP contribution in [-0.2, 0) is 0 Å². The van der Waals surface area contributed by atoms with E-state index in [0.717, 1.165) is 16.3 Å². The second-order valence-electron chi connectivity index (χ2n) is 4.38. The molecule has 0 fully saturated rings. The van der Waals surface area contributed by atoms with Gasteiger partial charge in [0.1, 0.15) is 11.9 Å². The Labute approximate surface area is 110 Å². The lowest BCUT2D eigenvalue weighted by atomic mass is 10.00. The summed E-state index contributed by atoms with van der Waals surface area (Å²) in [5.41, 5.74) is 1.44. The number of aliphatic hydroxyl groups excluding tert-OH is 1. The van der Waals surface area contributed by atoms with Crippen LogP contribution in [0.1, 0.15) is 23.2 Å². The molecule has 1 atom stereocenters. The van der Waals surface area contributed by atoms with Crippen molar-refractivity contribution in [2.45, 2.75) is 13.0 Å². The summed E-state index contributed by atoms with van der Waals surface area (Å²) in [5.74, 6) is 0.651. The molecule has 0 amide bonds. The highest BCUT2D eigenvalue weighted by Crippen LogP contribution is 2.27. The predicted octanol–water partition coefficient (Wildman–Crippen LogP) is 2.41. The van der Waals surface area contributed by atoms with E-state index in [4.69, 9.17) is 0 Å². The highest BCUT2D eigenvalue weighted by Gasteiger charge is 2.14. The summed E-state index contributed by atoms with van der Waals surface area (Å²) in [4.78, 5) is 12.4. The van der Waals surface area contributed by atoms with Crippen LogP contribution in [0.2, 0.25) is 0 Å². The molecule has 1 N–H and O–H groups in total. The summed E-state index contributed by atoms with van der Waals surface area (Å²) in [7, 11) is 0. The van der Waals surface area contributed by atoms with Crippen LogP contribution in [-0.4, -0.2) is 20.1 Å². The second kappa shape index (κ2) is 4.74. The number of hydrogen-bond donors (Lipinski definition) is 1. The quantitative estimate of drug-likeness (QED) is 0.760. The van der Waals surface area contributed by atoms with Crippen LogP contribution in [0.5, 0.6) is 0 Å². The number of aliphatic hydroxyl groups is 1. The maximum absolute atomic E-state index is 10.5. The average molecular weight is 251 g/mol. The minimum atomic E-state index is -0.757. The summed E-state index contributed by atoms with van der Waals surface area (Å²) in [5, 5.41) is 12.5. The normalized spacial score (nSPS) is 12.5. The monoisotopic (exact) mass is 251 g/mol. The Morgan fingerprint density at radius 3 is 2.84 bits per heavy atom. The van der Waals surface area contributed by atoms with Crippen molar-refractivity contribution in [2.75, 3.05) is 0 Å². The average Bonchev–Trinajstić information content (AvgIpc) is 2.46. The molecule has 0 aliphatic heterocycles. The number of rotatable bonds is 2. The van der Waals surface area contributed by atoms with E-state index in [9.17, 15) is 5.11 Å². The standard InChI is InChI=1S/C15H13N3O/c1-10-17-8-6-14(18-10)15(19)13-4-2-3-11-9-16-7-5-12(11)13/h2-9,15,19H,1H3. The molecule has 2 heterocycles. The maximum Gasteiger partial charge on any atom is 0.125 e.